The zero-order valence-electron chi connectivity index (χ0n) is 15.6. The normalized spacial score (nSPS) is 14.6. The van der Waals surface area contributed by atoms with Crippen molar-refractivity contribution in [2.75, 3.05) is 42.5 Å². The van der Waals surface area contributed by atoms with E-state index in [0.29, 0.717) is 24.1 Å². The Morgan fingerprint density at radius 2 is 1.88 bits per heavy atom. The van der Waals surface area contributed by atoms with Gasteiger partial charge < -0.3 is 15.1 Å². The van der Waals surface area contributed by atoms with Crippen LogP contribution in [-0.4, -0.2) is 53.6 Å². The van der Waals surface area contributed by atoms with Crippen LogP contribution in [0.4, 0.5) is 11.8 Å². The van der Waals surface area contributed by atoms with E-state index in [9.17, 15) is 4.79 Å². The van der Waals surface area contributed by atoms with Crippen molar-refractivity contribution in [1.82, 2.24) is 20.3 Å². The van der Waals surface area contributed by atoms with Gasteiger partial charge in [0.1, 0.15) is 11.5 Å². The first kappa shape index (κ1) is 18.1. The molecule has 2 aromatic heterocycles. The monoisotopic (exact) mass is 354 g/mol. The van der Waals surface area contributed by atoms with Gasteiger partial charge in [-0.1, -0.05) is 19.9 Å². The van der Waals surface area contributed by atoms with E-state index in [1.807, 2.05) is 31.3 Å². The highest BCUT2D eigenvalue weighted by atomic mass is 16.1. The number of carbonyl (C=O) groups is 1. The molecule has 0 bridgehead atoms. The summed E-state index contributed by atoms with van der Waals surface area (Å²) in [6.07, 6.45) is 1.81. The van der Waals surface area contributed by atoms with Gasteiger partial charge in [-0.15, -0.1) is 0 Å². The molecule has 1 saturated heterocycles. The molecule has 7 nitrogen and oxygen atoms in total. The molecule has 1 fully saturated rings. The maximum Gasteiger partial charge on any atom is 0.270 e. The van der Waals surface area contributed by atoms with Crippen LogP contribution < -0.4 is 15.1 Å². The molecular formula is C19H26N6O. The van der Waals surface area contributed by atoms with Crippen molar-refractivity contribution in [3.8, 4) is 0 Å². The molecule has 0 atom stereocenters. The fourth-order valence-corrected chi connectivity index (χ4v) is 2.87. The van der Waals surface area contributed by atoms with Crippen molar-refractivity contribution in [1.29, 1.82) is 0 Å². The van der Waals surface area contributed by atoms with Crippen LogP contribution in [0, 0.1) is 12.8 Å². The average molecular weight is 354 g/mol. The third-order valence-electron chi connectivity index (χ3n) is 4.28. The highest BCUT2D eigenvalue weighted by molar-refractivity contribution is 5.92. The van der Waals surface area contributed by atoms with Crippen molar-refractivity contribution in [2.45, 2.75) is 20.8 Å². The summed E-state index contributed by atoms with van der Waals surface area (Å²) in [6.45, 7) is 9.97. The number of hydrogen-bond acceptors (Lipinski definition) is 6. The summed E-state index contributed by atoms with van der Waals surface area (Å²) in [6, 6.07) is 7.69. The summed E-state index contributed by atoms with van der Waals surface area (Å²) < 4.78 is 0. The predicted octanol–water partition coefficient (Wildman–Crippen LogP) is 1.89. The zero-order valence-corrected chi connectivity index (χ0v) is 15.6. The summed E-state index contributed by atoms with van der Waals surface area (Å²) in [5.41, 5.74) is 1.23. The van der Waals surface area contributed by atoms with Gasteiger partial charge in [0.2, 0.25) is 5.95 Å². The molecule has 7 heteroatoms. The summed E-state index contributed by atoms with van der Waals surface area (Å²) in [5, 5.41) is 2.92. The quantitative estimate of drug-likeness (QED) is 0.884. The third kappa shape index (κ3) is 4.47. The van der Waals surface area contributed by atoms with E-state index in [-0.39, 0.29) is 5.91 Å². The molecule has 138 valence electrons. The molecule has 2 aromatic rings. The van der Waals surface area contributed by atoms with Crippen molar-refractivity contribution in [2.24, 2.45) is 5.92 Å². The van der Waals surface area contributed by atoms with Crippen LogP contribution in [-0.2, 0) is 0 Å². The van der Waals surface area contributed by atoms with Crippen LogP contribution in [0.3, 0.4) is 0 Å². The number of nitrogens with zero attached hydrogens (tertiary/aromatic N) is 5. The topological polar surface area (TPSA) is 74.2 Å². The Morgan fingerprint density at radius 3 is 2.54 bits per heavy atom. The predicted molar refractivity (Wildman–Crippen MR) is 103 cm³/mol. The fourth-order valence-electron chi connectivity index (χ4n) is 2.87. The molecule has 3 heterocycles. The van der Waals surface area contributed by atoms with Gasteiger partial charge in [-0.05, 0) is 31.0 Å². The molecule has 1 aliphatic rings. The van der Waals surface area contributed by atoms with E-state index in [0.717, 1.165) is 37.7 Å². The molecular weight excluding hydrogens is 328 g/mol. The lowest BCUT2D eigenvalue weighted by Crippen LogP contribution is -2.47. The van der Waals surface area contributed by atoms with Crippen LogP contribution in [0.25, 0.3) is 0 Å². The number of aromatic nitrogens is 3. The van der Waals surface area contributed by atoms with Crippen molar-refractivity contribution < 1.29 is 4.79 Å². The minimum absolute atomic E-state index is 0.141. The number of amides is 1. The standard InChI is InChI=1S/C19H26N6O/c1-14(2)13-21-18(26)16-12-15(3)22-19(23-16)25-10-8-24(9-11-25)17-6-4-5-7-20-17/h4-7,12,14H,8-11,13H2,1-3H3,(H,21,26). The minimum atomic E-state index is -0.141. The molecule has 0 radical (unpaired) electrons. The largest absolute Gasteiger partial charge is 0.353 e. The first-order valence-electron chi connectivity index (χ1n) is 9.08. The van der Waals surface area contributed by atoms with E-state index in [1.54, 1.807) is 6.07 Å². The third-order valence-corrected chi connectivity index (χ3v) is 4.28. The molecule has 3 rings (SSSR count). The first-order valence-corrected chi connectivity index (χ1v) is 9.08. The van der Waals surface area contributed by atoms with E-state index < -0.39 is 0 Å². The second-order valence-corrected chi connectivity index (χ2v) is 6.96. The maximum atomic E-state index is 12.3. The van der Waals surface area contributed by atoms with Crippen molar-refractivity contribution in [3.63, 3.8) is 0 Å². The Kier molecular flexibility index (Phi) is 5.65. The molecule has 26 heavy (non-hydrogen) atoms. The van der Waals surface area contributed by atoms with Crippen LogP contribution in [0.5, 0.6) is 0 Å². The van der Waals surface area contributed by atoms with Gasteiger partial charge in [-0.25, -0.2) is 15.0 Å². The van der Waals surface area contributed by atoms with Crippen LogP contribution in [0.15, 0.2) is 30.5 Å². The maximum absolute atomic E-state index is 12.3. The smallest absolute Gasteiger partial charge is 0.270 e. The number of carbonyl (C=O) groups excluding carboxylic acids is 1. The molecule has 1 amide bonds. The fraction of sp³-hybridized carbons (Fsp3) is 0.474. The van der Waals surface area contributed by atoms with Gasteiger partial charge in [0.25, 0.3) is 5.91 Å². The molecule has 0 aliphatic carbocycles. The molecule has 0 saturated carbocycles. The summed E-state index contributed by atoms with van der Waals surface area (Å²) >= 11 is 0. The lowest BCUT2D eigenvalue weighted by molar-refractivity contribution is 0.0944. The number of hydrogen-bond donors (Lipinski definition) is 1. The number of rotatable bonds is 5. The highest BCUT2D eigenvalue weighted by Gasteiger charge is 2.21. The molecule has 0 spiro atoms. The van der Waals surface area contributed by atoms with E-state index in [1.165, 1.54) is 0 Å². The van der Waals surface area contributed by atoms with E-state index in [4.69, 9.17) is 0 Å². The van der Waals surface area contributed by atoms with Gasteiger partial charge in [-0.3, -0.25) is 4.79 Å². The van der Waals surface area contributed by atoms with Gasteiger partial charge >= 0.3 is 0 Å². The number of piperazine rings is 1. The number of anilines is 2. The lowest BCUT2D eigenvalue weighted by atomic mass is 10.2. The van der Waals surface area contributed by atoms with Crippen molar-refractivity contribution >= 4 is 17.7 Å². The highest BCUT2D eigenvalue weighted by Crippen LogP contribution is 2.17. The summed E-state index contributed by atoms with van der Waals surface area (Å²) in [4.78, 5) is 30.2. The Bertz CT molecular complexity index is 741. The van der Waals surface area contributed by atoms with E-state index in [2.05, 4.69) is 43.9 Å². The second-order valence-electron chi connectivity index (χ2n) is 6.96. The minimum Gasteiger partial charge on any atom is -0.353 e. The average Bonchev–Trinajstić information content (AvgIpc) is 2.66. The number of pyridine rings is 1. The Balaban J connectivity index is 1.67. The van der Waals surface area contributed by atoms with E-state index >= 15 is 0 Å². The Hall–Kier alpha value is -2.70. The van der Waals surface area contributed by atoms with Crippen LogP contribution in [0.2, 0.25) is 0 Å². The second kappa shape index (κ2) is 8.12. The zero-order chi connectivity index (χ0) is 18.5. The molecule has 0 unspecified atom stereocenters. The first-order chi connectivity index (χ1) is 12.5. The Labute approximate surface area is 154 Å². The summed E-state index contributed by atoms with van der Waals surface area (Å²) in [5.74, 6) is 1.88. The summed E-state index contributed by atoms with van der Waals surface area (Å²) in [7, 11) is 0. The van der Waals surface area contributed by atoms with Gasteiger partial charge in [0, 0.05) is 44.6 Å². The number of nitrogens with one attached hydrogen (secondary N) is 1. The Morgan fingerprint density at radius 1 is 1.15 bits per heavy atom. The SMILES string of the molecule is Cc1cc(C(=O)NCC(C)C)nc(N2CCN(c3ccccn3)CC2)n1. The van der Waals surface area contributed by atoms with Gasteiger partial charge in [0.05, 0.1) is 0 Å². The van der Waals surface area contributed by atoms with Gasteiger partial charge in [-0.2, -0.15) is 0 Å². The van der Waals surface area contributed by atoms with Crippen LogP contribution >= 0.6 is 0 Å². The van der Waals surface area contributed by atoms with Gasteiger partial charge in [0.15, 0.2) is 0 Å². The molecule has 0 aromatic carbocycles. The molecule has 1 aliphatic heterocycles. The van der Waals surface area contributed by atoms with Crippen molar-refractivity contribution in [3.05, 3.63) is 41.9 Å². The molecule has 1 N–H and O–H groups in total. The lowest BCUT2D eigenvalue weighted by Gasteiger charge is -2.35. The van der Waals surface area contributed by atoms with Crippen LogP contribution in [0.1, 0.15) is 30.0 Å². The number of aryl methyl sites for hydroxylation is 1.